The summed E-state index contributed by atoms with van der Waals surface area (Å²) in [6.45, 7) is 0.635. The van der Waals surface area contributed by atoms with Gasteiger partial charge in [-0.15, -0.1) is 5.10 Å². The van der Waals surface area contributed by atoms with Crippen LogP contribution in [0.5, 0.6) is 0 Å². The molecular weight excluding hydrogens is 430 g/mol. The zero-order valence-electron chi connectivity index (χ0n) is 17.4. The summed E-state index contributed by atoms with van der Waals surface area (Å²) in [6, 6.07) is 10.6. The number of aryl methyl sites for hydroxylation is 1. The highest BCUT2D eigenvalue weighted by molar-refractivity contribution is 5.92. The highest BCUT2D eigenvalue weighted by Crippen LogP contribution is 2.35. The first kappa shape index (κ1) is 20.4. The van der Waals surface area contributed by atoms with Crippen molar-refractivity contribution in [3.63, 3.8) is 0 Å². The van der Waals surface area contributed by atoms with Gasteiger partial charge in [0.1, 0.15) is 17.6 Å². The molecule has 5 rings (SSSR count). The molecule has 1 unspecified atom stereocenters. The second-order valence-electron chi connectivity index (χ2n) is 7.63. The molecule has 1 aliphatic rings. The Labute approximate surface area is 186 Å². The van der Waals surface area contributed by atoms with Crippen LogP contribution in [0, 0.1) is 23.0 Å². The van der Waals surface area contributed by atoms with E-state index in [4.69, 9.17) is 0 Å². The minimum absolute atomic E-state index is 0.00894. The quantitative estimate of drug-likeness (QED) is 0.478. The van der Waals surface area contributed by atoms with Gasteiger partial charge in [-0.25, -0.2) is 13.8 Å². The van der Waals surface area contributed by atoms with Crippen LogP contribution in [0.25, 0.3) is 5.82 Å². The second-order valence-corrected chi connectivity index (χ2v) is 7.63. The molecule has 0 N–H and O–H groups in total. The summed E-state index contributed by atoms with van der Waals surface area (Å²) < 4.78 is 29.7. The molecule has 0 saturated heterocycles. The standard InChI is InChI=1S/C22H16F2N8O/c1-30-20(7-25)16(9-27-30)17-11-31(10-13-4-2-3-5-15(13)17)22(33)19-12-32(29-28-19)21-18(24)6-14(23)8-26-21/h2-6,8-9,12,17H,10-11H2,1H3. The number of carbonyl (C=O) groups excluding carboxylic acids is 1. The zero-order valence-corrected chi connectivity index (χ0v) is 17.4. The maximum Gasteiger partial charge on any atom is 0.276 e. The predicted octanol–water partition coefficient (Wildman–Crippen LogP) is 2.33. The second kappa shape index (κ2) is 7.90. The number of amides is 1. The lowest BCUT2D eigenvalue weighted by molar-refractivity contribution is 0.0719. The normalized spacial score (nSPS) is 15.2. The number of hydrogen-bond acceptors (Lipinski definition) is 6. The van der Waals surface area contributed by atoms with Crippen LogP contribution in [0.3, 0.4) is 0 Å². The first-order valence-corrected chi connectivity index (χ1v) is 9.99. The monoisotopic (exact) mass is 446 g/mol. The Bertz CT molecular complexity index is 1420. The van der Waals surface area contributed by atoms with Crippen LogP contribution in [0.1, 0.15) is 38.8 Å². The van der Waals surface area contributed by atoms with Gasteiger partial charge in [0.2, 0.25) is 0 Å². The van der Waals surface area contributed by atoms with Crippen LogP contribution < -0.4 is 0 Å². The molecule has 1 aliphatic heterocycles. The summed E-state index contributed by atoms with van der Waals surface area (Å²) in [5, 5.41) is 21.5. The Morgan fingerprint density at radius 1 is 1.21 bits per heavy atom. The fourth-order valence-corrected chi connectivity index (χ4v) is 4.08. The van der Waals surface area contributed by atoms with Crippen molar-refractivity contribution in [3.8, 4) is 11.9 Å². The largest absolute Gasteiger partial charge is 0.332 e. The molecule has 9 nitrogen and oxygen atoms in total. The van der Waals surface area contributed by atoms with E-state index in [1.54, 1.807) is 18.1 Å². The van der Waals surface area contributed by atoms with Gasteiger partial charge in [0, 0.05) is 37.7 Å². The first-order chi connectivity index (χ1) is 16.0. The lowest BCUT2D eigenvalue weighted by Gasteiger charge is -2.34. The van der Waals surface area contributed by atoms with Gasteiger partial charge in [-0.1, -0.05) is 29.5 Å². The Morgan fingerprint density at radius 2 is 2.03 bits per heavy atom. The van der Waals surface area contributed by atoms with Crippen molar-refractivity contribution in [1.29, 1.82) is 5.26 Å². The molecule has 4 heterocycles. The van der Waals surface area contributed by atoms with Crippen molar-refractivity contribution in [2.45, 2.75) is 12.5 Å². The fourth-order valence-electron chi connectivity index (χ4n) is 4.08. The van der Waals surface area contributed by atoms with Crippen LogP contribution in [0.2, 0.25) is 0 Å². The first-order valence-electron chi connectivity index (χ1n) is 9.99. The lowest BCUT2D eigenvalue weighted by atomic mass is 9.84. The Kier molecular flexibility index (Phi) is 4.90. The molecule has 4 aromatic rings. The van der Waals surface area contributed by atoms with Crippen molar-refractivity contribution in [2.75, 3.05) is 6.54 Å². The Hall–Kier alpha value is -4.46. The molecule has 1 atom stereocenters. The summed E-state index contributed by atoms with van der Waals surface area (Å²) in [7, 11) is 1.70. The maximum absolute atomic E-state index is 14.1. The van der Waals surface area contributed by atoms with Gasteiger partial charge in [-0.3, -0.25) is 9.48 Å². The van der Waals surface area contributed by atoms with E-state index in [9.17, 15) is 18.8 Å². The minimum atomic E-state index is -0.925. The van der Waals surface area contributed by atoms with Crippen molar-refractivity contribution < 1.29 is 13.6 Å². The number of pyridine rings is 1. The molecular formula is C22H16F2N8O. The van der Waals surface area contributed by atoms with E-state index >= 15 is 0 Å². The van der Waals surface area contributed by atoms with E-state index in [1.807, 2.05) is 24.3 Å². The van der Waals surface area contributed by atoms with Gasteiger partial charge >= 0.3 is 0 Å². The number of aromatic nitrogens is 6. The maximum atomic E-state index is 14.1. The van der Waals surface area contributed by atoms with E-state index in [2.05, 4.69) is 26.5 Å². The predicted molar refractivity (Wildman–Crippen MR) is 110 cm³/mol. The number of carbonyl (C=O) groups is 1. The van der Waals surface area contributed by atoms with E-state index < -0.39 is 17.5 Å². The number of fused-ring (bicyclic) bond motifs is 1. The molecule has 0 radical (unpaired) electrons. The van der Waals surface area contributed by atoms with Crippen LogP contribution in [-0.4, -0.2) is 47.1 Å². The van der Waals surface area contributed by atoms with Gasteiger partial charge in [0.05, 0.1) is 18.6 Å². The van der Waals surface area contributed by atoms with Crippen LogP contribution in [0.15, 0.2) is 48.9 Å². The SMILES string of the molecule is Cn1ncc(C2CN(C(=O)c3cn(-c4ncc(F)cc4F)nn3)Cc3ccccc32)c1C#N. The van der Waals surface area contributed by atoms with Gasteiger partial charge in [-0.2, -0.15) is 15.0 Å². The number of hydrogen-bond donors (Lipinski definition) is 0. The number of halogens is 2. The number of benzene rings is 1. The third kappa shape index (κ3) is 3.51. The van der Waals surface area contributed by atoms with E-state index in [1.165, 1.54) is 10.9 Å². The van der Waals surface area contributed by atoms with Crippen molar-refractivity contribution in [3.05, 3.63) is 88.6 Å². The highest BCUT2D eigenvalue weighted by Gasteiger charge is 2.33. The molecule has 0 bridgehead atoms. The third-order valence-corrected chi connectivity index (χ3v) is 5.65. The molecule has 33 heavy (non-hydrogen) atoms. The van der Waals surface area contributed by atoms with Crippen LogP contribution in [-0.2, 0) is 13.6 Å². The van der Waals surface area contributed by atoms with Crippen LogP contribution in [0.4, 0.5) is 8.78 Å². The topological polar surface area (TPSA) is 106 Å². The lowest BCUT2D eigenvalue weighted by Crippen LogP contribution is -2.39. The molecule has 164 valence electrons. The molecule has 3 aromatic heterocycles. The zero-order chi connectivity index (χ0) is 23.1. The van der Waals surface area contributed by atoms with Gasteiger partial charge in [-0.05, 0) is 11.1 Å². The summed E-state index contributed by atoms with van der Waals surface area (Å²) in [4.78, 5) is 18.6. The molecule has 0 saturated carbocycles. The van der Waals surface area contributed by atoms with E-state index in [0.29, 0.717) is 24.8 Å². The van der Waals surface area contributed by atoms with Crippen molar-refractivity contribution >= 4 is 5.91 Å². The molecule has 0 spiro atoms. The fraction of sp³-hybridized carbons (Fsp3) is 0.182. The summed E-state index contributed by atoms with van der Waals surface area (Å²) >= 11 is 0. The molecule has 11 heteroatoms. The number of nitriles is 1. The highest BCUT2D eigenvalue weighted by atomic mass is 19.1. The number of nitrogens with zero attached hydrogens (tertiary/aromatic N) is 8. The number of rotatable bonds is 3. The molecule has 1 amide bonds. The smallest absolute Gasteiger partial charge is 0.276 e. The van der Waals surface area contributed by atoms with E-state index in [0.717, 1.165) is 27.6 Å². The summed E-state index contributed by atoms with van der Waals surface area (Å²) in [5.74, 6) is -2.68. The van der Waals surface area contributed by atoms with Gasteiger partial charge < -0.3 is 4.90 Å². The van der Waals surface area contributed by atoms with Crippen molar-refractivity contribution in [2.24, 2.45) is 7.05 Å². The van der Waals surface area contributed by atoms with Crippen molar-refractivity contribution in [1.82, 2.24) is 34.7 Å². The Balaban J connectivity index is 1.48. The average Bonchev–Trinajstić information content (AvgIpc) is 3.44. The molecule has 0 fully saturated rings. The van der Waals surface area contributed by atoms with E-state index in [-0.39, 0.29) is 17.4 Å². The van der Waals surface area contributed by atoms with Crippen LogP contribution >= 0.6 is 0 Å². The molecule has 1 aromatic carbocycles. The Morgan fingerprint density at radius 3 is 2.82 bits per heavy atom. The third-order valence-electron chi connectivity index (χ3n) is 5.65. The molecule has 0 aliphatic carbocycles. The van der Waals surface area contributed by atoms with Gasteiger partial charge in [0.25, 0.3) is 5.91 Å². The summed E-state index contributed by atoms with van der Waals surface area (Å²) in [6.07, 6.45) is 3.76. The summed E-state index contributed by atoms with van der Waals surface area (Å²) in [5.41, 5.74) is 3.10. The van der Waals surface area contributed by atoms with Gasteiger partial charge in [0.15, 0.2) is 17.3 Å². The minimum Gasteiger partial charge on any atom is -0.332 e. The average molecular weight is 446 g/mol.